The fourth-order valence-corrected chi connectivity index (χ4v) is 3.52. The molecule has 0 saturated carbocycles. The molecule has 0 radical (unpaired) electrons. The van der Waals surface area contributed by atoms with Crippen LogP contribution in [0, 0.1) is 0 Å². The van der Waals surface area contributed by atoms with Crippen molar-refractivity contribution in [2.24, 2.45) is 0 Å². The number of thioether (sulfide) groups is 1. The summed E-state index contributed by atoms with van der Waals surface area (Å²) >= 11 is 1.86. The molecule has 90 valence electrons. The first kappa shape index (κ1) is 11.4. The third kappa shape index (κ3) is 1.83. The highest BCUT2D eigenvalue weighted by atomic mass is 32.2. The van der Waals surface area contributed by atoms with Crippen LogP contribution in [0.25, 0.3) is 5.70 Å². The molecular formula is C16H15NS. The number of hydrogen-bond acceptors (Lipinski definition) is 2. The molecule has 18 heavy (non-hydrogen) atoms. The Morgan fingerprint density at radius 2 is 1.56 bits per heavy atom. The zero-order valence-electron chi connectivity index (χ0n) is 10.6. The molecule has 3 rings (SSSR count). The van der Waals surface area contributed by atoms with Gasteiger partial charge in [-0.2, -0.15) is 0 Å². The van der Waals surface area contributed by atoms with Crippen molar-refractivity contribution in [3.8, 4) is 0 Å². The van der Waals surface area contributed by atoms with E-state index in [0.29, 0.717) is 0 Å². The highest BCUT2D eigenvalue weighted by Crippen LogP contribution is 2.45. The second-order valence-electron chi connectivity index (χ2n) is 4.40. The lowest BCUT2D eigenvalue weighted by Crippen LogP contribution is -2.19. The molecule has 0 atom stereocenters. The molecule has 0 saturated heterocycles. The Hall–Kier alpha value is -1.67. The van der Waals surface area contributed by atoms with E-state index in [0.717, 1.165) is 0 Å². The number of fused-ring (bicyclic) bond motifs is 1. The number of allylic oxidation sites excluding steroid dienone is 1. The van der Waals surface area contributed by atoms with E-state index < -0.39 is 0 Å². The summed E-state index contributed by atoms with van der Waals surface area (Å²) < 4.78 is 0. The van der Waals surface area contributed by atoms with Gasteiger partial charge in [0, 0.05) is 16.8 Å². The van der Waals surface area contributed by atoms with Crippen LogP contribution in [0.15, 0.2) is 64.4 Å². The summed E-state index contributed by atoms with van der Waals surface area (Å²) in [5.41, 5.74) is 3.87. The Kier molecular flexibility index (Phi) is 2.88. The van der Waals surface area contributed by atoms with Gasteiger partial charge < -0.3 is 4.90 Å². The highest BCUT2D eigenvalue weighted by molar-refractivity contribution is 8.03. The van der Waals surface area contributed by atoms with Gasteiger partial charge in [-0.05, 0) is 24.6 Å². The standard InChI is InChI=1S/C16H15NS/c1-12-16(13-8-4-3-5-9-13)17(2)14-10-6-7-11-15(14)18-12/h3-11H,1-2H3. The van der Waals surface area contributed by atoms with Crippen molar-refractivity contribution in [2.75, 3.05) is 11.9 Å². The van der Waals surface area contributed by atoms with E-state index in [9.17, 15) is 0 Å². The molecule has 0 aliphatic carbocycles. The van der Waals surface area contributed by atoms with Crippen LogP contribution >= 0.6 is 11.8 Å². The summed E-state index contributed by atoms with van der Waals surface area (Å²) in [6, 6.07) is 19.1. The average molecular weight is 253 g/mol. The number of benzene rings is 2. The van der Waals surface area contributed by atoms with E-state index >= 15 is 0 Å². The Labute approximate surface area is 112 Å². The second kappa shape index (κ2) is 4.54. The lowest BCUT2D eigenvalue weighted by atomic mass is 10.1. The van der Waals surface area contributed by atoms with Crippen molar-refractivity contribution < 1.29 is 0 Å². The maximum absolute atomic E-state index is 2.29. The highest BCUT2D eigenvalue weighted by Gasteiger charge is 2.21. The van der Waals surface area contributed by atoms with Crippen LogP contribution < -0.4 is 4.90 Å². The summed E-state index contributed by atoms with van der Waals surface area (Å²) in [6.07, 6.45) is 0. The van der Waals surface area contributed by atoms with Gasteiger partial charge in [0.2, 0.25) is 0 Å². The lowest BCUT2D eigenvalue weighted by Gasteiger charge is -2.31. The molecule has 0 amide bonds. The van der Waals surface area contributed by atoms with Crippen LogP contribution in [-0.4, -0.2) is 7.05 Å². The van der Waals surface area contributed by atoms with Gasteiger partial charge in [-0.1, -0.05) is 54.2 Å². The predicted molar refractivity (Wildman–Crippen MR) is 79.7 cm³/mol. The fourth-order valence-electron chi connectivity index (χ4n) is 2.38. The van der Waals surface area contributed by atoms with Crippen LogP contribution in [0.1, 0.15) is 12.5 Å². The van der Waals surface area contributed by atoms with Gasteiger partial charge in [0.15, 0.2) is 0 Å². The van der Waals surface area contributed by atoms with Crippen LogP contribution in [0.2, 0.25) is 0 Å². The smallest absolute Gasteiger partial charge is 0.0579 e. The van der Waals surface area contributed by atoms with Crippen molar-refractivity contribution in [3.63, 3.8) is 0 Å². The molecule has 1 nitrogen and oxygen atoms in total. The van der Waals surface area contributed by atoms with Crippen LogP contribution in [0.5, 0.6) is 0 Å². The van der Waals surface area contributed by atoms with Gasteiger partial charge in [0.1, 0.15) is 0 Å². The quantitative estimate of drug-likeness (QED) is 0.729. The molecule has 2 aromatic carbocycles. The maximum Gasteiger partial charge on any atom is 0.0579 e. The van der Waals surface area contributed by atoms with E-state index in [2.05, 4.69) is 73.5 Å². The SMILES string of the molecule is CC1=C(c2ccccc2)N(C)c2ccccc2S1. The van der Waals surface area contributed by atoms with Crippen molar-refractivity contribution in [1.29, 1.82) is 0 Å². The van der Waals surface area contributed by atoms with Crippen LogP contribution in [0.3, 0.4) is 0 Å². The molecule has 0 fully saturated rings. The van der Waals surface area contributed by atoms with E-state index in [1.54, 1.807) is 0 Å². The molecule has 2 heteroatoms. The molecule has 2 aromatic rings. The normalized spacial score (nSPS) is 14.7. The van der Waals surface area contributed by atoms with Gasteiger partial charge in [0.25, 0.3) is 0 Å². The molecule has 1 aliphatic heterocycles. The molecule has 0 spiro atoms. The van der Waals surface area contributed by atoms with Crippen molar-refractivity contribution >= 4 is 23.1 Å². The number of rotatable bonds is 1. The summed E-state index contributed by atoms with van der Waals surface area (Å²) in [4.78, 5) is 4.97. The first-order chi connectivity index (χ1) is 8.77. The third-order valence-corrected chi connectivity index (χ3v) is 4.27. The summed E-state index contributed by atoms with van der Waals surface area (Å²) in [5.74, 6) is 0. The minimum atomic E-state index is 1.28. The van der Waals surface area contributed by atoms with E-state index in [-0.39, 0.29) is 0 Å². The number of nitrogens with zero attached hydrogens (tertiary/aromatic N) is 1. The van der Waals surface area contributed by atoms with Gasteiger partial charge in [0.05, 0.1) is 11.4 Å². The van der Waals surface area contributed by atoms with E-state index in [1.807, 2.05) is 11.8 Å². The van der Waals surface area contributed by atoms with Crippen LogP contribution in [0.4, 0.5) is 5.69 Å². The molecule has 0 N–H and O–H groups in total. The Bertz CT molecular complexity index is 602. The molecular weight excluding hydrogens is 238 g/mol. The number of anilines is 1. The van der Waals surface area contributed by atoms with Gasteiger partial charge in [-0.3, -0.25) is 0 Å². The molecule has 1 heterocycles. The van der Waals surface area contributed by atoms with Gasteiger partial charge >= 0.3 is 0 Å². The molecule has 0 aromatic heterocycles. The summed E-state index contributed by atoms with van der Waals surface area (Å²) in [6.45, 7) is 2.19. The minimum absolute atomic E-state index is 1.28. The van der Waals surface area contributed by atoms with Gasteiger partial charge in [-0.25, -0.2) is 0 Å². The van der Waals surface area contributed by atoms with Crippen LogP contribution in [-0.2, 0) is 0 Å². The maximum atomic E-state index is 2.29. The fraction of sp³-hybridized carbons (Fsp3) is 0.125. The first-order valence-electron chi connectivity index (χ1n) is 6.04. The first-order valence-corrected chi connectivity index (χ1v) is 6.86. The Morgan fingerprint density at radius 3 is 2.33 bits per heavy atom. The summed E-state index contributed by atoms with van der Waals surface area (Å²) in [5, 5.41) is 0. The Morgan fingerprint density at radius 1 is 0.889 bits per heavy atom. The second-order valence-corrected chi connectivity index (χ2v) is 5.66. The minimum Gasteiger partial charge on any atom is -0.343 e. The molecule has 0 unspecified atom stereocenters. The van der Waals surface area contributed by atoms with Crippen molar-refractivity contribution in [3.05, 3.63) is 65.1 Å². The number of hydrogen-bond donors (Lipinski definition) is 0. The van der Waals surface area contributed by atoms with Crippen molar-refractivity contribution in [1.82, 2.24) is 0 Å². The van der Waals surface area contributed by atoms with E-state index in [1.165, 1.54) is 26.7 Å². The topological polar surface area (TPSA) is 3.24 Å². The third-order valence-electron chi connectivity index (χ3n) is 3.21. The lowest BCUT2D eigenvalue weighted by molar-refractivity contribution is 1.16. The molecule has 0 bridgehead atoms. The zero-order valence-corrected chi connectivity index (χ0v) is 11.4. The zero-order chi connectivity index (χ0) is 12.5. The molecule has 1 aliphatic rings. The monoisotopic (exact) mass is 253 g/mol. The Balaban J connectivity index is 2.12. The average Bonchev–Trinajstić information content (AvgIpc) is 2.40. The number of para-hydroxylation sites is 1. The predicted octanol–water partition coefficient (Wildman–Crippen LogP) is 4.62. The van der Waals surface area contributed by atoms with E-state index in [4.69, 9.17) is 0 Å². The van der Waals surface area contributed by atoms with Gasteiger partial charge in [-0.15, -0.1) is 0 Å². The largest absolute Gasteiger partial charge is 0.343 e. The van der Waals surface area contributed by atoms with Crippen molar-refractivity contribution in [2.45, 2.75) is 11.8 Å². The summed E-state index contributed by atoms with van der Waals surface area (Å²) in [7, 11) is 2.14.